The normalized spacial score (nSPS) is 11.9. The zero-order valence-corrected chi connectivity index (χ0v) is 12.0. The van der Waals surface area contributed by atoms with Crippen molar-refractivity contribution in [3.8, 4) is 0 Å². The van der Waals surface area contributed by atoms with Gasteiger partial charge in [0.25, 0.3) is 0 Å². The van der Waals surface area contributed by atoms with E-state index < -0.39 is 0 Å². The van der Waals surface area contributed by atoms with Crippen LogP contribution in [0.5, 0.6) is 0 Å². The molecule has 2 rings (SSSR count). The van der Waals surface area contributed by atoms with E-state index in [1.54, 1.807) is 23.9 Å². The maximum atomic E-state index is 12.7. The molecule has 0 spiro atoms. The second kappa shape index (κ2) is 7.10. The van der Waals surface area contributed by atoms with Crippen molar-refractivity contribution >= 4 is 23.4 Å². The highest BCUT2D eigenvalue weighted by atomic mass is 32.2. The first-order valence-corrected chi connectivity index (χ1v) is 7.42. The topological polar surface area (TPSA) is 29.1 Å². The third kappa shape index (κ3) is 4.38. The van der Waals surface area contributed by atoms with Crippen molar-refractivity contribution in [3.05, 3.63) is 66.0 Å². The van der Waals surface area contributed by atoms with Crippen LogP contribution in [-0.4, -0.2) is 11.7 Å². The number of halogens is 1. The van der Waals surface area contributed by atoms with Crippen LogP contribution in [0.15, 0.2) is 54.6 Å². The Morgan fingerprint density at radius 3 is 2.45 bits per heavy atom. The molecule has 20 heavy (non-hydrogen) atoms. The first-order chi connectivity index (χ1) is 9.65. The third-order valence-electron chi connectivity index (χ3n) is 2.86. The van der Waals surface area contributed by atoms with Crippen LogP contribution >= 0.6 is 11.8 Å². The molecular weight excluding hydrogens is 273 g/mol. The monoisotopic (exact) mass is 289 g/mol. The van der Waals surface area contributed by atoms with Crippen LogP contribution in [0.3, 0.4) is 0 Å². The molecule has 0 fully saturated rings. The Morgan fingerprint density at radius 2 is 1.80 bits per heavy atom. The molecule has 0 radical (unpaired) electrons. The highest BCUT2D eigenvalue weighted by molar-refractivity contribution is 8.00. The number of amides is 1. The lowest BCUT2D eigenvalue weighted by Crippen LogP contribution is -2.14. The average Bonchev–Trinajstić information content (AvgIpc) is 2.48. The Hall–Kier alpha value is -1.81. The molecule has 0 bridgehead atoms. The van der Waals surface area contributed by atoms with Crippen molar-refractivity contribution in [3.63, 3.8) is 0 Å². The molecule has 4 heteroatoms. The van der Waals surface area contributed by atoms with Crippen molar-refractivity contribution in [2.24, 2.45) is 0 Å². The summed E-state index contributed by atoms with van der Waals surface area (Å²) in [7, 11) is 0. The number of anilines is 1. The van der Waals surface area contributed by atoms with E-state index in [2.05, 4.69) is 24.4 Å². The largest absolute Gasteiger partial charge is 0.325 e. The van der Waals surface area contributed by atoms with Gasteiger partial charge in [0, 0.05) is 10.9 Å². The number of carbonyl (C=O) groups is 1. The number of benzene rings is 2. The van der Waals surface area contributed by atoms with Crippen LogP contribution in [0.4, 0.5) is 10.1 Å². The predicted octanol–water partition coefficient (Wildman–Crippen LogP) is 4.26. The molecule has 1 amide bonds. The molecule has 0 unspecified atom stereocenters. The zero-order chi connectivity index (χ0) is 14.4. The number of thioether (sulfide) groups is 1. The number of nitrogens with one attached hydrogen (secondary N) is 1. The first kappa shape index (κ1) is 14.6. The van der Waals surface area contributed by atoms with Gasteiger partial charge in [-0.25, -0.2) is 4.39 Å². The summed E-state index contributed by atoms with van der Waals surface area (Å²) in [6, 6.07) is 15.8. The van der Waals surface area contributed by atoms with Crippen molar-refractivity contribution < 1.29 is 9.18 Å². The van der Waals surface area contributed by atoms with Gasteiger partial charge in [0.1, 0.15) is 5.82 Å². The van der Waals surface area contributed by atoms with Crippen molar-refractivity contribution in [1.82, 2.24) is 0 Å². The highest BCUT2D eigenvalue weighted by Crippen LogP contribution is 2.27. The molecule has 2 nitrogen and oxygen atoms in total. The van der Waals surface area contributed by atoms with Crippen LogP contribution in [0, 0.1) is 5.82 Å². The van der Waals surface area contributed by atoms with Crippen LogP contribution in [0.1, 0.15) is 17.7 Å². The van der Waals surface area contributed by atoms with Gasteiger partial charge in [-0.15, -0.1) is 11.8 Å². The highest BCUT2D eigenvalue weighted by Gasteiger charge is 2.09. The molecule has 2 aromatic carbocycles. The van der Waals surface area contributed by atoms with E-state index in [4.69, 9.17) is 0 Å². The third-order valence-corrected chi connectivity index (χ3v) is 4.06. The summed E-state index contributed by atoms with van der Waals surface area (Å²) in [5, 5.41) is 3.01. The zero-order valence-electron chi connectivity index (χ0n) is 11.2. The lowest BCUT2D eigenvalue weighted by molar-refractivity contribution is -0.113. The lowest BCUT2D eigenvalue weighted by Gasteiger charge is -2.11. The molecule has 0 aromatic heterocycles. The average molecular weight is 289 g/mol. The van der Waals surface area contributed by atoms with E-state index in [9.17, 15) is 9.18 Å². The molecule has 0 aliphatic carbocycles. The molecule has 1 N–H and O–H groups in total. The summed E-state index contributed by atoms with van der Waals surface area (Å²) in [6.07, 6.45) is 0. The van der Waals surface area contributed by atoms with Gasteiger partial charge in [0.05, 0.1) is 5.75 Å². The fourth-order valence-electron chi connectivity index (χ4n) is 1.75. The van der Waals surface area contributed by atoms with Gasteiger partial charge in [-0.05, 0) is 36.8 Å². The van der Waals surface area contributed by atoms with E-state index >= 15 is 0 Å². The SMILES string of the molecule is C[C@@H](SCC(=O)Nc1ccc(F)cc1)c1ccccc1. The van der Waals surface area contributed by atoms with E-state index in [1.165, 1.54) is 17.7 Å². The Bertz CT molecular complexity index is 556. The van der Waals surface area contributed by atoms with Gasteiger partial charge < -0.3 is 5.32 Å². The fraction of sp³-hybridized carbons (Fsp3) is 0.188. The molecule has 1 atom stereocenters. The molecule has 104 valence electrons. The molecule has 0 saturated carbocycles. The lowest BCUT2D eigenvalue weighted by atomic mass is 10.2. The summed E-state index contributed by atoms with van der Waals surface area (Å²) in [5.74, 6) is -0.0209. The smallest absolute Gasteiger partial charge is 0.234 e. The van der Waals surface area contributed by atoms with Crippen molar-refractivity contribution in [2.45, 2.75) is 12.2 Å². The van der Waals surface area contributed by atoms with Gasteiger partial charge in [0.15, 0.2) is 0 Å². The Labute approximate surface area is 122 Å². The van der Waals surface area contributed by atoms with E-state index in [1.807, 2.05) is 18.2 Å². The van der Waals surface area contributed by atoms with E-state index in [0.717, 1.165) is 0 Å². The van der Waals surface area contributed by atoms with Crippen molar-refractivity contribution in [2.75, 3.05) is 11.1 Å². The van der Waals surface area contributed by atoms with Gasteiger partial charge in [-0.1, -0.05) is 30.3 Å². The molecule has 0 heterocycles. The van der Waals surface area contributed by atoms with Crippen LogP contribution in [-0.2, 0) is 4.79 Å². The fourth-order valence-corrected chi connectivity index (χ4v) is 2.57. The number of carbonyl (C=O) groups excluding carboxylic acids is 1. The number of hydrogen-bond donors (Lipinski definition) is 1. The summed E-state index contributed by atoms with van der Waals surface area (Å²) in [6.45, 7) is 2.07. The van der Waals surface area contributed by atoms with E-state index in [0.29, 0.717) is 11.4 Å². The van der Waals surface area contributed by atoms with Crippen LogP contribution in [0.25, 0.3) is 0 Å². The second-order valence-electron chi connectivity index (χ2n) is 4.42. The summed E-state index contributed by atoms with van der Waals surface area (Å²) in [5.41, 5.74) is 1.82. The van der Waals surface area contributed by atoms with Gasteiger partial charge >= 0.3 is 0 Å². The van der Waals surface area contributed by atoms with Gasteiger partial charge in [-0.2, -0.15) is 0 Å². The maximum absolute atomic E-state index is 12.7. The summed E-state index contributed by atoms with van der Waals surface area (Å²) in [4.78, 5) is 11.8. The minimum atomic E-state index is -0.310. The maximum Gasteiger partial charge on any atom is 0.234 e. The van der Waals surface area contributed by atoms with Crippen molar-refractivity contribution in [1.29, 1.82) is 0 Å². The van der Waals surface area contributed by atoms with Gasteiger partial charge in [-0.3, -0.25) is 4.79 Å². The van der Waals surface area contributed by atoms with Gasteiger partial charge in [0.2, 0.25) is 5.91 Å². The number of hydrogen-bond acceptors (Lipinski definition) is 2. The minimum Gasteiger partial charge on any atom is -0.325 e. The molecular formula is C16H16FNOS. The second-order valence-corrected chi connectivity index (χ2v) is 5.75. The molecule has 2 aromatic rings. The summed E-state index contributed by atoms with van der Waals surface area (Å²) < 4.78 is 12.7. The van der Waals surface area contributed by atoms with Crippen LogP contribution in [0.2, 0.25) is 0 Å². The predicted molar refractivity (Wildman–Crippen MR) is 82.3 cm³/mol. The molecule has 0 aliphatic rings. The molecule has 0 aliphatic heterocycles. The van der Waals surface area contributed by atoms with Crippen LogP contribution < -0.4 is 5.32 Å². The minimum absolute atomic E-state index is 0.0793. The van der Waals surface area contributed by atoms with E-state index in [-0.39, 0.29) is 17.0 Å². The number of rotatable bonds is 5. The summed E-state index contributed by atoms with van der Waals surface area (Å²) >= 11 is 1.57. The molecule has 0 saturated heterocycles. The Kier molecular flexibility index (Phi) is 5.18. The quantitative estimate of drug-likeness (QED) is 0.891. The Balaban J connectivity index is 1.82. The Morgan fingerprint density at radius 1 is 1.15 bits per heavy atom. The standard InChI is InChI=1S/C16H16FNOS/c1-12(13-5-3-2-4-6-13)20-11-16(19)18-15-9-7-14(17)8-10-15/h2-10,12H,11H2,1H3,(H,18,19)/t12-/m1/s1. The first-order valence-electron chi connectivity index (χ1n) is 6.37.